The Bertz CT molecular complexity index is 532. The molecule has 1 aromatic carbocycles. The normalized spacial score (nSPS) is 11.0. The first-order chi connectivity index (χ1) is 9.09. The van der Waals surface area contributed by atoms with Crippen molar-refractivity contribution in [3.05, 3.63) is 34.9 Å². The SMILES string of the molecule is CN(C)CCOc1ccccc1-c1c(Br)cnn1C. The van der Waals surface area contributed by atoms with E-state index in [2.05, 4.69) is 25.9 Å². The molecule has 0 saturated heterocycles. The molecular formula is C14H18BrN3O. The first kappa shape index (κ1) is 14.1. The van der Waals surface area contributed by atoms with Crippen molar-refractivity contribution >= 4 is 15.9 Å². The molecule has 5 heteroatoms. The summed E-state index contributed by atoms with van der Waals surface area (Å²) in [4.78, 5) is 2.10. The van der Waals surface area contributed by atoms with Crippen molar-refractivity contribution in [2.24, 2.45) is 7.05 Å². The number of aromatic nitrogens is 2. The van der Waals surface area contributed by atoms with Crippen LogP contribution in [0.15, 0.2) is 34.9 Å². The molecule has 2 rings (SSSR count). The standard InChI is InChI=1S/C14H18BrN3O/c1-17(2)8-9-19-13-7-5-4-6-11(13)14-12(15)10-16-18(14)3/h4-7,10H,8-9H2,1-3H3. The van der Waals surface area contributed by atoms with Gasteiger partial charge in [0.2, 0.25) is 0 Å². The molecule has 4 nitrogen and oxygen atoms in total. The van der Waals surface area contributed by atoms with Gasteiger partial charge in [0.25, 0.3) is 0 Å². The lowest BCUT2D eigenvalue weighted by molar-refractivity contribution is 0.262. The number of aryl methyl sites for hydroxylation is 1. The molecule has 0 radical (unpaired) electrons. The molecule has 102 valence electrons. The Hall–Kier alpha value is -1.33. The van der Waals surface area contributed by atoms with Crippen LogP contribution in [0.1, 0.15) is 0 Å². The molecule has 0 amide bonds. The molecule has 0 saturated carbocycles. The van der Waals surface area contributed by atoms with Gasteiger partial charge in [-0.3, -0.25) is 4.68 Å². The Kier molecular flexibility index (Phi) is 4.61. The van der Waals surface area contributed by atoms with Crippen molar-refractivity contribution < 1.29 is 4.74 Å². The van der Waals surface area contributed by atoms with Gasteiger partial charge in [0.05, 0.1) is 16.4 Å². The summed E-state index contributed by atoms with van der Waals surface area (Å²) in [6, 6.07) is 8.03. The van der Waals surface area contributed by atoms with Crippen LogP contribution in [0.4, 0.5) is 0 Å². The minimum Gasteiger partial charge on any atom is -0.492 e. The van der Waals surface area contributed by atoms with E-state index in [0.29, 0.717) is 6.61 Å². The maximum atomic E-state index is 5.88. The Morgan fingerprint density at radius 3 is 2.68 bits per heavy atom. The summed E-state index contributed by atoms with van der Waals surface area (Å²) >= 11 is 3.53. The van der Waals surface area contributed by atoms with E-state index in [1.165, 1.54) is 0 Å². The van der Waals surface area contributed by atoms with Crippen LogP contribution in [0.3, 0.4) is 0 Å². The average molecular weight is 324 g/mol. The van der Waals surface area contributed by atoms with Crippen LogP contribution in [0, 0.1) is 0 Å². The van der Waals surface area contributed by atoms with Crippen molar-refractivity contribution in [3.63, 3.8) is 0 Å². The molecule has 0 bridgehead atoms. The highest BCUT2D eigenvalue weighted by Crippen LogP contribution is 2.34. The van der Waals surface area contributed by atoms with Crippen molar-refractivity contribution in [2.75, 3.05) is 27.2 Å². The minimum atomic E-state index is 0.666. The van der Waals surface area contributed by atoms with E-state index in [9.17, 15) is 0 Å². The van der Waals surface area contributed by atoms with E-state index >= 15 is 0 Å². The van der Waals surface area contributed by atoms with Crippen LogP contribution >= 0.6 is 15.9 Å². The fourth-order valence-electron chi connectivity index (χ4n) is 1.84. The van der Waals surface area contributed by atoms with E-state index in [1.54, 1.807) is 6.20 Å². The minimum absolute atomic E-state index is 0.666. The molecule has 0 fully saturated rings. The zero-order valence-electron chi connectivity index (χ0n) is 11.4. The predicted molar refractivity (Wildman–Crippen MR) is 80.4 cm³/mol. The monoisotopic (exact) mass is 323 g/mol. The number of para-hydroxylation sites is 1. The molecule has 0 aliphatic heterocycles. The first-order valence-electron chi connectivity index (χ1n) is 6.14. The molecule has 0 aliphatic rings. The van der Waals surface area contributed by atoms with E-state index in [0.717, 1.165) is 28.0 Å². The average Bonchev–Trinajstić information content (AvgIpc) is 2.69. The second-order valence-electron chi connectivity index (χ2n) is 4.61. The van der Waals surface area contributed by atoms with Gasteiger partial charge >= 0.3 is 0 Å². The Morgan fingerprint density at radius 2 is 2.05 bits per heavy atom. The van der Waals surface area contributed by atoms with E-state index in [4.69, 9.17) is 4.74 Å². The summed E-state index contributed by atoms with van der Waals surface area (Å²) in [5.74, 6) is 0.883. The smallest absolute Gasteiger partial charge is 0.128 e. The first-order valence-corrected chi connectivity index (χ1v) is 6.93. The van der Waals surface area contributed by atoms with Crippen molar-refractivity contribution in [3.8, 4) is 17.0 Å². The molecule has 0 N–H and O–H groups in total. The lowest BCUT2D eigenvalue weighted by Crippen LogP contribution is -2.19. The zero-order chi connectivity index (χ0) is 13.8. The van der Waals surface area contributed by atoms with Gasteiger partial charge in [-0.05, 0) is 42.2 Å². The summed E-state index contributed by atoms with van der Waals surface area (Å²) in [7, 11) is 6.00. The van der Waals surface area contributed by atoms with E-state index in [1.807, 2.05) is 50.1 Å². The summed E-state index contributed by atoms with van der Waals surface area (Å²) in [5, 5.41) is 4.25. The number of hydrogen-bond acceptors (Lipinski definition) is 3. The number of benzene rings is 1. The summed E-state index contributed by atoms with van der Waals surface area (Å²) in [5.41, 5.74) is 2.08. The number of hydrogen-bond donors (Lipinski definition) is 0. The van der Waals surface area contributed by atoms with Gasteiger partial charge in [0.1, 0.15) is 12.4 Å². The molecular weight excluding hydrogens is 306 g/mol. The third kappa shape index (κ3) is 3.36. The van der Waals surface area contributed by atoms with Crippen molar-refractivity contribution in [1.29, 1.82) is 0 Å². The molecule has 2 aromatic rings. The van der Waals surface area contributed by atoms with Gasteiger partial charge in [-0.15, -0.1) is 0 Å². The van der Waals surface area contributed by atoms with Crippen LogP contribution in [-0.2, 0) is 7.05 Å². The quantitative estimate of drug-likeness (QED) is 0.847. The number of halogens is 1. The number of rotatable bonds is 5. The number of nitrogens with zero attached hydrogens (tertiary/aromatic N) is 3. The molecule has 19 heavy (non-hydrogen) atoms. The van der Waals surface area contributed by atoms with Crippen LogP contribution in [-0.4, -0.2) is 41.9 Å². The van der Waals surface area contributed by atoms with Gasteiger partial charge in [-0.2, -0.15) is 5.10 Å². The summed E-state index contributed by atoms with van der Waals surface area (Å²) in [6.07, 6.45) is 1.80. The number of ether oxygens (including phenoxy) is 1. The Balaban J connectivity index is 2.26. The maximum absolute atomic E-state index is 5.88. The maximum Gasteiger partial charge on any atom is 0.128 e. The van der Waals surface area contributed by atoms with Crippen LogP contribution < -0.4 is 4.74 Å². The summed E-state index contributed by atoms with van der Waals surface area (Å²) < 4.78 is 8.69. The largest absolute Gasteiger partial charge is 0.492 e. The second-order valence-corrected chi connectivity index (χ2v) is 5.47. The van der Waals surface area contributed by atoms with Gasteiger partial charge in [0, 0.05) is 19.2 Å². The molecule has 1 aromatic heterocycles. The highest BCUT2D eigenvalue weighted by atomic mass is 79.9. The highest BCUT2D eigenvalue weighted by molar-refractivity contribution is 9.10. The fourth-order valence-corrected chi connectivity index (χ4v) is 2.40. The molecule has 0 spiro atoms. The van der Waals surface area contributed by atoms with Gasteiger partial charge in [-0.25, -0.2) is 0 Å². The topological polar surface area (TPSA) is 30.3 Å². The molecule has 1 heterocycles. The Morgan fingerprint density at radius 1 is 1.32 bits per heavy atom. The molecule has 0 unspecified atom stereocenters. The lowest BCUT2D eigenvalue weighted by atomic mass is 10.1. The Labute approximate surface area is 122 Å². The fraction of sp³-hybridized carbons (Fsp3) is 0.357. The van der Waals surface area contributed by atoms with Gasteiger partial charge < -0.3 is 9.64 Å². The van der Waals surface area contributed by atoms with Gasteiger partial charge in [0.15, 0.2) is 0 Å². The molecule has 0 aliphatic carbocycles. The third-order valence-corrected chi connectivity index (χ3v) is 3.41. The van der Waals surface area contributed by atoms with Crippen molar-refractivity contribution in [2.45, 2.75) is 0 Å². The number of likely N-dealkylation sites (N-methyl/N-ethyl adjacent to an activating group) is 1. The van der Waals surface area contributed by atoms with Crippen LogP contribution in [0.5, 0.6) is 5.75 Å². The van der Waals surface area contributed by atoms with Gasteiger partial charge in [-0.1, -0.05) is 12.1 Å². The highest BCUT2D eigenvalue weighted by Gasteiger charge is 2.13. The lowest BCUT2D eigenvalue weighted by Gasteiger charge is -2.14. The van der Waals surface area contributed by atoms with Crippen molar-refractivity contribution in [1.82, 2.24) is 14.7 Å². The summed E-state index contributed by atoms with van der Waals surface area (Å²) in [6.45, 7) is 1.56. The zero-order valence-corrected chi connectivity index (χ0v) is 13.0. The second kappa shape index (κ2) is 6.21. The van der Waals surface area contributed by atoms with E-state index < -0.39 is 0 Å². The molecule has 0 atom stereocenters. The predicted octanol–water partition coefficient (Wildman–Crippen LogP) is 2.79. The van der Waals surface area contributed by atoms with Crippen LogP contribution in [0.2, 0.25) is 0 Å². The third-order valence-electron chi connectivity index (χ3n) is 2.83. The van der Waals surface area contributed by atoms with E-state index in [-0.39, 0.29) is 0 Å². The van der Waals surface area contributed by atoms with Crippen LogP contribution in [0.25, 0.3) is 11.3 Å².